The molecule has 34 heavy (non-hydrogen) atoms. The second kappa shape index (κ2) is 7.87. The number of ketones is 1. The lowest BCUT2D eigenvalue weighted by Crippen LogP contribution is -2.40. The monoisotopic (exact) mass is 456 g/mol. The van der Waals surface area contributed by atoms with Crippen molar-refractivity contribution >= 4 is 28.4 Å². The number of carbonyl (C=O) groups is 1. The zero-order valence-electron chi connectivity index (χ0n) is 19.4. The van der Waals surface area contributed by atoms with E-state index >= 15 is 0 Å². The van der Waals surface area contributed by atoms with Crippen molar-refractivity contribution in [1.29, 1.82) is 0 Å². The van der Waals surface area contributed by atoms with Crippen molar-refractivity contribution in [1.82, 2.24) is 23.1 Å². The number of benzene rings is 2. The summed E-state index contributed by atoms with van der Waals surface area (Å²) in [6.07, 6.45) is 1.85. The van der Waals surface area contributed by atoms with E-state index in [4.69, 9.17) is 4.98 Å². The largest absolute Gasteiger partial charge is 0.378 e. The zero-order chi connectivity index (χ0) is 24.1. The predicted octanol–water partition coefficient (Wildman–Crippen LogP) is 2.46. The van der Waals surface area contributed by atoms with Crippen molar-refractivity contribution in [2.24, 2.45) is 7.05 Å². The molecule has 0 saturated carbocycles. The highest BCUT2D eigenvalue weighted by molar-refractivity contribution is 5.80. The standard InChI is InChI=1S/C25H24N6O3/c1-16(32)14-30-23(33)21-22(28(4)25(30)34)26-24-29(21)15-20(17-8-6-5-7-9-17)31(24)19-12-10-18(11-13-19)27(2)3/h5-13,15H,14H2,1-4H3. The van der Waals surface area contributed by atoms with Gasteiger partial charge in [-0.05, 0) is 31.2 Å². The first-order valence-corrected chi connectivity index (χ1v) is 10.8. The highest BCUT2D eigenvalue weighted by Gasteiger charge is 2.22. The maximum Gasteiger partial charge on any atom is 0.332 e. The minimum absolute atomic E-state index is 0.249. The van der Waals surface area contributed by atoms with Crippen molar-refractivity contribution in [3.05, 3.63) is 81.6 Å². The summed E-state index contributed by atoms with van der Waals surface area (Å²) in [5, 5.41) is 0. The summed E-state index contributed by atoms with van der Waals surface area (Å²) in [7, 11) is 5.51. The number of rotatable bonds is 5. The van der Waals surface area contributed by atoms with Gasteiger partial charge in [-0.15, -0.1) is 0 Å². The molecule has 0 atom stereocenters. The molecule has 0 aliphatic heterocycles. The molecule has 0 amide bonds. The third-order valence-corrected chi connectivity index (χ3v) is 5.92. The van der Waals surface area contributed by atoms with Crippen LogP contribution in [0.5, 0.6) is 0 Å². The maximum atomic E-state index is 13.3. The number of hydrogen-bond acceptors (Lipinski definition) is 5. The molecule has 0 N–H and O–H groups in total. The average Bonchev–Trinajstić information content (AvgIpc) is 3.37. The third-order valence-electron chi connectivity index (χ3n) is 5.92. The molecule has 2 aromatic carbocycles. The number of imidazole rings is 2. The van der Waals surface area contributed by atoms with E-state index in [0.717, 1.165) is 27.2 Å². The minimum atomic E-state index is -0.571. The molecular weight excluding hydrogens is 432 g/mol. The van der Waals surface area contributed by atoms with E-state index in [1.165, 1.54) is 11.5 Å². The molecule has 172 valence electrons. The Balaban J connectivity index is 1.89. The van der Waals surface area contributed by atoms with Crippen molar-refractivity contribution < 1.29 is 4.79 Å². The normalized spacial score (nSPS) is 11.4. The first-order valence-electron chi connectivity index (χ1n) is 10.8. The smallest absolute Gasteiger partial charge is 0.332 e. The quantitative estimate of drug-likeness (QED) is 0.406. The Morgan fingerprint density at radius 3 is 2.29 bits per heavy atom. The fourth-order valence-corrected chi connectivity index (χ4v) is 4.22. The van der Waals surface area contributed by atoms with Crippen LogP contribution in [0.15, 0.2) is 70.4 Å². The molecule has 0 aliphatic carbocycles. The lowest BCUT2D eigenvalue weighted by atomic mass is 10.1. The van der Waals surface area contributed by atoms with E-state index in [1.54, 1.807) is 11.4 Å². The van der Waals surface area contributed by atoms with Gasteiger partial charge >= 0.3 is 5.69 Å². The number of fused-ring (bicyclic) bond motifs is 3. The second-order valence-corrected chi connectivity index (χ2v) is 8.52. The second-order valence-electron chi connectivity index (χ2n) is 8.52. The lowest BCUT2D eigenvalue weighted by molar-refractivity contribution is -0.117. The van der Waals surface area contributed by atoms with Gasteiger partial charge in [-0.2, -0.15) is 4.98 Å². The summed E-state index contributed by atoms with van der Waals surface area (Å²) in [5.74, 6) is 0.224. The topological polar surface area (TPSA) is 86.5 Å². The Morgan fingerprint density at radius 2 is 1.68 bits per heavy atom. The number of aryl methyl sites for hydroxylation is 1. The Hall–Kier alpha value is -4.40. The summed E-state index contributed by atoms with van der Waals surface area (Å²) in [6, 6.07) is 17.8. The minimum Gasteiger partial charge on any atom is -0.378 e. The Kier molecular flexibility index (Phi) is 4.97. The first-order chi connectivity index (χ1) is 16.3. The molecule has 9 heteroatoms. The molecule has 0 saturated heterocycles. The van der Waals surface area contributed by atoms with Gasteiger partial charge in [0.25, 0.3) is 5.56 Å². The van der Waals surface area contributed by atoms with Gasteiger partial charge in [0.2, 0.25) is 5.78 Å². The van der Waals surface area contributed by atoms with E-state index in [-0.39, 0.29) is 23.5 Å². The molecule has 0 fully saturated rings. The van der Waals surface area contributed by atoms with E-state index in [1.807, 2.05) is 84.4 Å². The summed E-state index contributed by atoms with van der Waals surface area (Å²) < 4.78 is 5.95. The number of Topliss-reactive ketones (excluding diaryl/α,β-unsaturated/α-hetero) is 1. The summed E-state index contributed by atoms with van der Waals surface area (Å²) in [5.41, 5.74) is 3.11. The molecule has 0 unspecified atom stereocenters. The SMILES string of the molecule is CC(=O)Cn1c(=O)c2c(nc3n(-c4ccc(N(C)C)cc4)c(-c4ccccc4)cn23)n(C)c1=O. The molecule has 0 aliphatic rings. The molecule has 5 aromatic rings. The molecule has 3 heterocycles. The van der Waals surface area contributed by atoms with Gasteiger partial charge in [0.1, 0.15) is 5.78 Å². The summed E-state index contributed by atoms with van der Waals surface area (Å²) in [6.45, 7) is 1.07. The van der Waals surface area contributed by atoms with Crippen LogP contribution in [-0.2, 0) is 18.4 Å². The molecule has 0 bridgehead atoms. The molecular formula is C25H24N6O3. The van der Waals surface area contributed by atoms with E-state index in [2.05, 4.69) is 0 Å². The van der Waals surface area contributed by atoms with Crippen LogP contribution in [-0.4, -0.2) is 43.0 Å². The highest BCUT2D eigenvalue weighted by Crippen LogP contribution is 2.29. The van der Waals surface area contributed by atoms with Crippen LogP contribution < -0.4 is 16.1 Å². The lowest BCUT2D eigenvalue weighted by Gasteiger charge is -2.14. The zero-order valence-corrected chi connectivity index (χ0v) is 19.4. The Bertz CT molecular complexity index is 1670. The van der Waals surface area contributed by atoms with Gasteiger partial charge < -0.3 is 4.90 Å². The molecule has 5 rings (SSSR count). The van der Waals surface area contributed by atoms with Crippen molar-refractivity contribution in [2.75, 3.05) is 19.0 Å². The van der Waals surface area contributed by atoms with E-state index in [9.17, 15) is 14.4 Å². The fourth-order valence-electron chi connectivity index (χ4n) is 4.22. The van der Waals surface area contributed by atoms with Gasteiger partial charge in [-0.1, -0.05) is 30.3 Å². The van der Waals surface area contributed by atoms with Crippen molar-refractivity contribution in [2.45, 2.75) is 13.5 Å². The third kappa shape index (κ3) is 3.24. The van der Waals surface area contributed by atoms with Gasteiger partial charge in [0.15, 0.2) is 11.2 Å². The van der Waals surface area contributed by atoms with Crippen LogP contribution in [0.3, 0.4) is 0 Å². The number of aromatic nitrogens is 5. The van der Waals surface area contributed by atoms with Gasteiger partial charge in [0.05, 0.1) is 12.2 Å². The predicted molar refractivity (Wildman–Crippen MR) is 132 cm³/mol. The molecule has 9 nitrogen and oxygen atoms in total. The number of nitrogens with zero attached hydrogens (tertiary/aromatic N) is 6. The van der Waals surface area contributed by atoms with Crippen molar-refractivity contribution in [3.63, 3.8) is 0 Å². The van der Waals surface area contributed by atoms with E-state index in [0.29, 0.717) is 5.78 Å². The van der Waals surface area contributed by atoms with E-state index < -0.39 is 11.2 Å². The van der Waals surface area contributed by atoms with Crippen LogP contribution in [0, 0.1) is 0 Å². The van der Waals surface area contributed by atoms with Crippen molar-refractivity contribution in [3.8, 4) is 16.9 Å². The maximum absolute atomic E-state index is 13.3. The Labute approximate surface area is 194 Å². The summed E-state index contributed by atoms with van der Waals surface area (Å²) in [4.78, 5) is 44.6. The molecule has 0 radical (unpaired) electrons. The molecule has 0 spiro atoms. The summed E-state index contributed by atoms with van der Waals surface area (Å²) >= 11 is 0. The van der Waals surface area contributed by atoms with Crippen LogP contribution in [0.1, 0.15) is 6.92 Å². The first kappa shape index (κ1) is 21.4. The van der Waals surface area contributed by atoms with Gasteiger partial charge in [0, 0.05) is 44.3 Å². The van der Waals surface area contributed by atoms with Crippen LogP contribution in [0.2, 0.25) is 0 Å². The number of carbonyl (C=O) groups excluding carboxylic acids is 1. The molecule has 3 aromatic heterocycles. The number of anilines is 1. The number of hydrogen-bond donors (Lipinski definition) is 0. The van der Waals surface area contributed by atoms with Gasteiger partial charge in [-0.3, -0.25) is 27.7 Å². The van der Waals surface area contributed by atoms with Crippen LogP contribution in [0.25, 0.3) is 33.9 Å². The van der Waals surface area contributed by atoms with Crippen LogP contribution in [0.4, 0.5) is 5.69 Å². The Morgan fingerprint density at radius 1 is 1.00 bits per heavy atom. The van der Waals surface area contributed by atoms with Crippen LogP contribution >= 0.6 is 0 Å². The average molecular weight is 457 g/mol. The highest BCUT2D eigenvalue weighted by atomic mass is 16.2. The fraction of sp³-hybridized carbons (Fsp3) is 0.200. The van der Waals surface area contributed by atoms with Gasteiger partial charge in [-0.25, -0.2) is 4.79 Å².